The standard InChI is InChI=1S/C14H31N3/c1-5-14-12-17(11-10-16(14)4)9-7-6-8-13(2)15-3/h13-15H,5-12H2,1-4H3. The fourth-order valence-corrected chi connectivity index (χ4v) is 2.58. The van der Waals surface area contributed by atoms with Crippen molar-refractivity contribution in [1.29, 1.82) is 0 Å². The Hall–Kier alpha value is -0.120. The van der Waals surface area contributed by atoms with Gasteiger partial charge in [-0.3, -0.25) is 0 Å². The Labute approximate surface area is 108 Å². The summed E-state index contributed by atoms with van der Waals surface area (Å²) >= 11 is 0. The van der Waals surface area contributed by atoms with Crippen molar-refractivity contribution in [1.82, 2.24) is 15.1 Å². The van der Waals surface area contributed by atoms with Crippen LogP contribution in [0.25, 0.3) is 0 Å². The number of nitrogens with one attached hydrogen (secondary N) is 1. The minimum absolute atomic E-state index is 0.672. The molecule has 1 heterocycles. The van der Waals surface area contributed by atoms with Gasteiger partial charge in [-0.15, -0.1) is 0 Å². The molecule has 0 aliphatic carbocycles. The van der Waals surface area contributed by atoms with E-state index in [0.717, 1.165) is 6.04 Å². The maximum atomic E-state index is 3.31. The molecule has 1 aliphatic rings. The van der Waals surface area contributed by atoms with Gasteiger partial charge < -0.3 is 15.1 Å². The highest BCUT2D eigenvalue weighted by molar-refractivity contribution is 4.78. The summed E-state index contributed by atoms with van der Waals surface area (Å²) in [6, 6.07) is 1.45. The number of rotatable bonds is 7. The monoisotopic (exact) mass is 241 g/mol. The van der Waals surface area contributed by atoms with Crippen LogP contribution in [0.4, 0.5) is 0 Å². The first-order chi connectivity index (χ1) is 8.17. The van der Waals surface area contributed by atoms with Crippen molar-refractivity contribution in [2.75, 3.05) is 40.3 Å². The van der Waals surface area contributed by atoms with Gasteiger partial charge in [-0.05, 0) is 46.8 Å². The third kappa shape index (κ3) is 5.36. The SMILES string of the molecule is CCC1CN(CCCCC(C)NC)CCN1C. The van der Waals surface area contributed by atoms with E-state index in [0.29, 0.717) is 6.04 Å². The molecule has 0 aromatic heterocycles. The first-order valence-corrected chi connectivity index (χ1v) is 7.27. The predicted molar refractivity (Wildman–Crippen MR) is 75.5 cm³/mol. The first-order valence-electron chi connectivity index (χ1n) is 7.27. The summed E-state index contributed by atoms with van der Waals surface area (Å²) in [6.45, 7) is 9.64. The highest BCUT2D eigenvalue weighted by Gasteiger charge is 2.21. The zero-order valence-corrected chi connectivity index (χ0v) is 12.2. The Balaban J connectivity index is 2.11. The van der Waals surface area contributed by atoms with E-state index in [9.17, 15) is 0 Å². The molecule has 17 heavy (non-hydrogen) atoms. The van der Waals surface area contributed by atoms with Crippen LogP contribution >= 0.6 is 0 Å². The second-order valence-electron chi connectivity index (χ2n) is 5.53. The van der Waals surface area contributed by atoms with Crippen LogP contribution in [0, 0.1) is 0 Å². The first kappa shape index (κ1) is 14.9. The van der Waals surface area contributed by atoms with Crippen LogP contribution in [-0.4, -0.2) is 62.2 Å². The van der Waals surface area contributed by atoms with Crippen LogP contribution in [0.5, 0.6) is 0 Å². The van der Waals surface area contributed by atoms with E-state index in [1.54, 1.807) is 0 Å². The Morgan fingerprint density at radius 2 is 2.06 bits per heavy atom. The number of nitrogens with zero attached hydrogens (tertiary/aromatic N) is 2. The van der Waals surface area contributed by atoms with Gasteiger partial charge in [0.25, 0.3) is 0 Å². The Bertz CT molecular complexity index is 196. The number of hydrogen-bond donors (Lipinski definition) is 1. The molecule has 1 N–H and O–H groups in total. The van der Waals surface area contributed by atoms with E-state index < -0.39 is 0 Å². The summed E-state index contributed by atoms with van der Waals surface area (Å²) in [5.74, 6) is 0. The summed E-state index contributed by atoms with van der Waals surface area (Å²) in [7, 11) is 4.32. The van der Waals surface area contributed by atoms with Crippen molar-refractivity contribution in [3.8, 4) is 0 Å². The van der Waals surface area contributed by atoms with E-state index >= 15 is 0 Å². The van der Waals surface area contributed by atoms with Crippen molar-refractivity contribution >= 4 is 0 Å². The lowest BCUT2D eigenvalue weighted by Crippen LogP contribution is -2.51. The van der Waals surface area contributed by atoms with Gasteiger partial charge in [0.2, 0.25) is 0 Å². The molecule has 0 aromatic rings. The molecule has 1 saturated heterocycles. The summed E-state index contributed by atoms with van der Waals surface area (Å²) < 4.78 is 0. The lowest BCUT2D eigenvalue weighted by atomic mass is 10.1. The second-order valence-corrected chi connectivity index (χ2v) is 5.53. The quantitative estimate of drug-likeness (QED) is 0.686. The van der Waals surface area contributed by atoms with Gasteiger partial charge in [0.1, 0.15) is 0 Å². The fraction of sp³-hybridized carbons (Fsp3) is 1.00. The average molecular weight is 241 g/mol. The minimum Gasteiger partial charge on any atom is -0.317 e. The Kier molecular flexibility index (Phi) is 7.09. The van der Waals surface area contributed by atoms with Crippen molar-refractivity contribution < 1.29 is 0 Å². The molecular weight excluding hydrogens is 210 g/mol. The Morgan fingerprint density at radius 1 is 1.29 bits per heavy atom. The van der Waals surface area contributed by atoms with Crippen molar-refractivity contribution in [3.05, 3.63) is 0 Å². The summed E-state index contributed by atoms with van der Waals surface area (Å²) in [5, 5.41) is 3.31. The van der Waals surface area contributed by atoms with Gasteiger partial charge in [0, 0.05) is 31.7 Å². The molecule has 1 rings (SSSR count). The van der Waals surface area contributed by atoms with E-state index in [1.165, 1.54) is 51.9 Å². The van der Waals surface area contributed by atoms with Crippen LogP contribution < -0.4 is 5.32 Å². The molecule has 1 aliphatic heterocycles. The van der Waals surface area contributed by atoms with Crippen molar-refractivity contribution in [2.24, 2.45) is 0 Å². The zero-order valence-electron chi connectivity index (χ0n) is 12.2. The number of hydrogen-bond acceptors (Lipinski definition) is 3. The van der Waals surface area contributed by atoms with Crippen LogP contribution in [0.15, 0.2) is 0 Å². The topological polar surface area (TPSA) is 18.5 Å². The van der Waals surface area contributed by atoms with Gasteiger partial charge in [-0.1, -0.05) is 13.3 Å². The summed E-state index contributed by atoms with van der Waals surface area (Å²) in [5.41, 5.74) is 0. The van der Waals surface area contributed by atoms with Gasteiger partial charge in [0.05, 0.1) is 0 Å². The third-order valence-corrected chi connectivity index (χ3v) is 4.19. The van der Waals surface area contributed by atoms with Crippen LogP contribution in [-0.2, 0) is 0 Å². The summed E-state index contributed by atoms with van der Waals surface area (Å²) in [4.78, 5) is 5.16. The molecule has 0 spiro atoms. The molecule has 2 unspecified atom stereocenters. The van der Waals surface area contributed by atoms with Crippen molar-refractivity contribution in [2.45, 2.75) is 51.6 Å². The highest BCUT2D eigenvalue weighted by atomic mass is 15.3. The smallest absolute Gasteiger partial charge is 0.0218 e. The zero-order chi connectivity index (χ0) is 12.7. The molecular formula is C14H31N3. The number of unbranched alkanes of at least 4 members (excludes halogenated alkanes) is 1. The molecule has 3 nitrogen and oxygen atoms in total. The van der Waals surface area contributed by atoms with E-state index in [1.807, 2.05) is 0 Å². The normalized spacial score (nSPS) is 25.1. The van der Waals surface area contributed by atoms with E-state index in [4.69, 9.17) is 0 Å². The van der Waals surface area contributed by atoms with Crippen LogP contribution in [0.3, 0.4) is 0 Å². The van der Waals surface area contributed by atoms with Crippen LogP contribution in [0.1, 0.15) is 39.5 Å². The van der Waals surface area contributed by atoms with Gasteiger partial charge in [0.15, 0.2) is 0 Å². The molecule has 3 heteroatoms. The maximum absolute atomic E-state index is 3.31. The maximum Gasteiger partial charge on any atom is 0.0218 e. The lowest BCUT2D eigenvalue weighted by molar-refractivity contribution is 0.0918. The number of piperazine rings is 1. The molecule has 0 bridgehead atoms. The van der Waals surface area contributed by atoms with E-state index in [-0.39, 0.29) is 0 Å². The average Bonchev–Trinajstić information content (AvgIpc) is 2.36. The van der Waals surface area contributed by atoms with Crippen LogP contribution in [0.2, 0.25) is 0 Å². The molecule has 2 atom stereocenters. The van der Waals surface area contributed by atoms with Gasteiger partial charge >= 0.3 is 0 Å². The molecule has 0 aromatic carbocycles. The molecule has 0 amide bonds. The third-order valence-electron chi connectivity index (χ3n) is 4.19. The molecule has 0 saturated carbocycles. The van der Waals surface area contributed by atoms with Gasteiger partial charge in [-0.25, -0.2) is 0 Å². The molecule has 0 radical (unpaired) electrons. The largest absolute Gasteiger partial charge is 0.317 e. The summed E-state index contributed by atoms with van der Waals surface area (Å²) in [6.07, 6.45) is 5.29. The number of likely N-dealkylation sites (N-methyl/N-ethyl adjacent to an activating group) is 1. The predicted octanol–water partition coefficient (Wildman–Crippen LogP) is 1.79. The highest BCUT2D eigenvalue weighted by Crippen LogP contribution is 2.11. The second kappa shape index (κ2) is 8.06. The van der Waals surface area contributed by atoms with E-state index in [2.05, 4.69) is 43.1 Å². The van der Waals surface area contributed by atoms with Gasteiger partial charge in [-0.2, -0.15) is 0 Å². The Morgan fingerprint density at radius 3 is 2.71 bits per heavy atom. The lowest BCUT2D eigenvalue weighted by Gasteiger charge is -2.39. The molecule has 1 fully saturated rings. The van der Waals surface area contributed by atoms with Crippen molar-refractivity contribution in [3.63, 3.8) is 0 Å². The fourth-order valence-electron chi connectivity index (χ4n) is 2.58. The minimum atomic E-state index is 0.672. The molecule has 102 valence electrons.